The molecule has 2 heterocycles. The molecule has 104 valence electrons. The van der Waals surface area contributed by atoms with Crippen molar-refractivity contribution in [1.29, 1.82) is 0 Å². The zero-order valence-corrected chi connectivity index (χ0v) is 12.2. The lowest BCUT2D eigenvalue weighted by molar-refractivity contribution is 0.0752. The van der Waals surface area contributed by atoms with Crippen molar-refractivity contribution in [1.82, 2.24) is 14.5 Å². The van der Waals surface area contributed by atoms with E-state index in [0.29, 0.717) is 19.6 Å². The van der Waals surface area contributed by atoms with E-state index in [1.165, 1.54) is 6.20 Å². The summed E-state index contributed by atoms with van der Waals surface area (Å²) in [5.74, 6) is 0.668. The first kappa shape index (κ1) is 14.1. The van der Waals surface area contributed by atoms with Gasteiger partial charge in [0.1, 0.15) is 5.56 Å². The van der Waals surface area contributed by atoms with Gasteiger partial charge in [0.15, 0.2) is 5.16 Å². The van der Waals surface area contributed by atoms with Crippen LogP contribution in [0.5, 0.6) is 0 Å². The summed E-state index contributed by atoms with van der Waals surface area (Å²) in [6, 6.07) is 0. The molecule has 0 saturated heterocycles. The molecule has 6 heteroatoms. The van der Waals surface area contributed by atoms with Crippen LogP contribution in [-0.4, -0.2) is 39.2 Å². The number of carbonyl (C=O) groups is 1. The molecule has 0 aliphatic carbocycles. The van der Waals surface area contributed by atoms with E-state index in [9.17, 15) is 9.59 Å². The Bertz CT molecular complexity index is 521. The van der Waals surface area contributed by atoms with E-state index >= 15 is 0 Å². The third-order valence-electron chi connectivity index (χ3n) is 3.06. The van der Waals surface area contributed by atoms with Crippen LogP contribution in [0.15, 0.2) is 16.1 Å². The third-order valence-corrected chi connectivity index (χ3v) is 4.03. The molecule has 0 radical (unpaired) electrons. The molecule has 2 rings (SSSR count). The number of hydrogen-bond donors (Lipinski definition) is 0. The van der Waals surface area contributed by atoms with Gasteiger partial charge in [-0.15, -0.1) is 0 Å². The van der Waals surface area contributed by atoms with E-state index in [1.54, 1.807) is 21.2 Å². The second kappa shape index (κ2) is 6.23. The molecule has 0 aromatic carbocycles. The molecule has 5 nitrogen and oxygen atoms in total. The summed E-state index contributed by atoms with van der Waals surface area (Å²) >= 11 is 1.56. The van der Waals surface area contributed by atoms with E-state index in [-0.39, 0.29) is 17.0 Å². The number of nitrogens with zero attached hydrogens (tertiary/aromatic N) is 3. The largest absolute Gasteiger partial charge is 0.338 e. The molecule has 0 bridgehead atoms. The van der Waals surface area contributed by atoms with Gasteiger partial charge in [0.05, 0.1) is 0 Å². The highest BCUT2D eigenvalue weighted by atomic mass is 32.2. The standard InChI is InChI=1S/C13H19N3O2S/c1-3-5-15(6-4-2)11(17)10-9-14-13-16(12(10)18)7-8-19-13/h9H,3-8H2,1-2H3. The van der Waals surface area contributed by atoms with Crippen molar-refractivity contribution in [2.75, 3.05) is 18.8 Å². The molecule has 0 saturated carbocycles. The lowest BCUT2D eigenvalue weighted by atomic mass is 10.2. The van der Waals surface area contributed by atoms with E-state index in [1.807, 2.05) is 13.8 Å². The number of rotatable bonds is 5. The van der Waals surface area contributed by atoms with E-state index in [2.05, 4.69) is 4.98 Å². The highest BCUT2D eigenvalue weighted by Crippen LogP contribution is 2.20. The Morgan fingerprint density at radius 2 is 2.11 bits per heavy atom. The van der Waals surface area contributed by atoms with Crippen LogP contribution in [0.3, 0.4) is 0 Å². The van der Waals surface area contributed by atoms with Crippen molar-refractivity contribution in [2.45, 2.75) is 38.4 Å². The molecular weight excluding hydrogens is 262 g/mol. The number of carbonyl (C=O) groups excluding carboxylic acids is 1. The van der Waals surface area contributed by atoms with Gasteiger partial charge in [-0.3, -0.25) is 14.2 Å². The molecule has 19 heavy (non-hydrogen) atoms. The monoisotopic (exact) mass is 281 g/mol. The van der Waals surface area contributed by atoms with Crippen LogP contribution in [0.1, 0.15) is 37.0 Å². The number of thioether (sulfide) groups is 1. The summed E-state index contributed by atoms with van der Waals surface area (Å²) < 4.78 is 1.61. The zero-order chi connectivity index (χ0) is 13.8. The van der Waals surface area contributed by atoms with Gasteiger partial charge < -0.3 is 4.90 Å². The Hall–Kier alpha value is -1.30. The number of fused-ring (bicyclic) bond motifs is 1. The number of hydrogen-bond acceptors (Lipinski definition) is 4. The molecule has 0 spiro atoms. The fourth-order valence-corrected chi connectivity index (χ4v) is 3.10. The maximum absolute atomic E-state index is 12.4. The van der Waals surface area contributed by atoms with Gasteiger partial charge in [0.25, 0.3) is 11.5 Å². The van der Waals surface area contributed by atoms with Crippen molar-refractivity contribution in [3.63, 3.8) is 0 Å². The van der Waals surface area contributed by atoms with Crippen LogP contribution in [0.2, 0.25) is 0 Å². The van der Waals surface area contributed by atoms with Crippen molar-refractivity contribution in [3.05, 3.63) is 22.1 Å². The SMILES string of the molecule is CCCN(CCC)C(=O)c1cnc2n(c1=O)CCS2. The van der Waals surface area contributed by atoms with Crippen LogP contribution in [0.25, 0.3) is 0 Å². The first-order valence-corrected chi connectivity index (χ1v) is 7.69. The second-order valence-corrected chi connectivity index (χ2v) is 5.61. The minimum Gasteiger partial charge on any atom is -0.338 e. The molecule has 1 aliphatic rings. The average Bonchev–Trinajstić information content (AvgIpc) is 2.87. The number of amides is 1. The fourth-order valence-electron chi connectivity index (χ4n) is 2.19. The summed E-state index contributed by atoms with van der Waals surface area (Å²) in [6.45, 7) is 6.07. The van der Waals surface area contributed by atoms with Gasteiger partial charge >= 0.3 is 0 Å². The first-order chi connectivity index (χ1) is 9.19. The molecule has 1 aromatic rings. The normalized spacial score (nSPS) is 13.4. The molecule has 1 amide bonds. The quantitative estimate of drug-likeness (QED) is 0.769. The summed E-state index contributed by atoms with van der Waals surface area (Å²) in [5.41, 5.74) is 0.00496. The fraction of sp³-hybridized carbons (Fsp3) is 0.615. The minimum atomic E-state index is -0.197. The second-order valence-electron chi connectivity index (χ2n) is 4.55. The van der Waals surface area contributed by atoms with E-state index < -0.39 is 0 Å². The molecule has 0 unspecified atom stereocenters. The molecule has 1 aliphatic heterocycles. The van der Waals surface area contributed by atoms with E-state index in [0.717, 1.165) is 23.8 Å². The maximum Gasteiger partial charge on any atom is 0.267 e. The topological polar surface area (TPSA) is 55.2 Å². The molecular formula is C13H19N3O2S. The van der Waals surface area contributed by atoms with Gasteiger partial charge in [-0.05, 0) is 12.8 Å². The first-order valence-electron chi connectivity index (χ1n) is 6.71. The van der Waals surface area contributed by atoms with Crippen LogP contribution in [0.4, 0.5) is 0 Å². The summed E-state index contributed by atoms with van der Waals surface area (Å²) in [7, 11) is 0. The summed E-state index contributed by atoms with van der Waals surface area (Å²) in [5, 5.41) is 0.721. The van der Waals surface area contributed by atoms with Crippen molar-refractivity contribution in [3.8, 4) is 0 Å². The highest BCUT2D eigenvalue weighted by Gasteiger charge is 2.22. The number of aromatic nitrogens is 2. The average molecular weight is 281 g/mol. The van der Waals surface area contributed by atoms with Crippen molar-refractivity contribution >= 4 is 17.7 Å². The maximum atomic E-state index is 12.4. The third kappa shape index (κ3) is 2.83. The van der Waals surface area contributed by atoms with Crippen LogP contribution < -0.4 is 5.56 Å². The lowest BCUT2D eigenvalue weighted by Crippen LogP contribution is -2.38. The summed E-state index contributed by atoms with van der Waals surface area (Å²) in [4.78, 5) is 30.7. The smallest absolute Gasteiger partial charge is 0.267 e. The minimum absolute atomic E-state index is 0.187. The van der Waals surface area contributed by atoms with Crippen LogP contribution >= 0.6 is 11.8 Å². The predicted molar refractivity (Wildman–Crippen MR) is 75.7 cm³/mol. The van der Waals surface area contributed by atoms with Crippen LogP contribution in [0, 0.1) is 0 Å². The zero-order valence-electron chi connectivity index (χ0n) is 11.4. The van der Waals surface area contributed by atoms with Gasteiger partial charge in [0.2, 0.25) is 0 Å². The Labute approximate surface area is 117 Å². The summed E-state index contributed by atoms with van der Waals surface area (Å²) in [6.07, 6.45) is 3.22. The molecule has 0 N–H and O–H groups in total. The Balaban J connectivity index is 2.30. The Kier molecular flexibility index (Phi) is 4.63. The lowest BCUT2D eigenvalue weighted by Gasteiger charge is -2.21. The van der Waals surface area contributed by atoms with E-state index in [4.69, 9.17) is 0 Å². The molecule has 0 fully saturated rings. The van der Waals surface area contributed by atoms with Crippen molar-refractivity contribution < 1.29 is 4.79 Å². The van der Waals surface area contributed by atoms with Gasteiger partial charge in [0, 0.05) is 31.6 Å². The Morgan fingerprint density at radius 1 is 1.42 bits per heavy atom. The Morgan fingerprint density at radius 3 is 2.74 bits per heavy atom. The van der Waals surface area contributed by atoms with Gasteiger partial charge in [-0.25, -0.2) is 4.98 Å². The van der Waals surface area contributed by atoms with Crippen molar-refractivity contribution in [2.24, 2.45) is 0 Å². The highest BCUT2D eigenvalue weighted by molar-refractivity contribution is 7.99. The van der Waals surface area contributed by atoms with Gasteiger partial charge in [-0.2, -0.15) is 0 Å². The predicted octanol–water partition coefficient (Wildman–Crippen LogP) is 1.61. The van der Waals surface area contributed by atoms with Gasteiger partial charge in [-0.1, -0.05) is 25.6 Å². The molecule has 1 aromatic heterocycles. The molecule has 0 atom stereocenters. The van der Waals surface area contributed by atoms with Crippen LogP contribution in [-0.2, 0) is 6.54 Å².